The van der Waals surface area contributed by atoms with E-state index in [0.29, 0.717) is 0 Å². The third-order valence-electron chi connectivity index (χ3n) is 1.23. The molecule has 0 spiro atoms. The number of carbonyl (C=O) groups is 2. The molecule has 0 aromatic rings. The number of aliphatic hydroxyl groups excluding tert-OH is 1. The van der Waals surface area contributed by atoms with E-state index in [2.05, 4.69) is 17.2 Å². The van der Waals surface area contributed by atoms with Crippen LogP contribution in [0.5, 0.6) is 0 Å². The van der Waals surface area contributed by atoms with Crippen LogP contribution in [0, 0.1) is 0 Å². The summed E-state index contributed by atoms with van der Waals surface area (Å²) in [6.07, 6.45) is 1.25. The molecule has 0 rings (SSSR count). The molecule has 80 valence electrons. The molecule has 0 heterocycles. The van der Waals surface area contributed by atoms with E-state index in [0.717, 1.165) is 0 Å². The van der Waals surface area contributed by atoms with Crippen molar-refractivity contribution in [1.29, 1.82) is 0 Å². The Balaban J connectivity index is 3.52. The van der Waals surface area contributed by atoms with E-state index >= 15 is 0 Å². The highest BCUT2D eigenvalue weighted by atomic mass is 16.5. The first-order chi connectivity index (χ1) is 6.72. The van der Waals surface area contributed by atoms with Gasteiger partial charge in [0.1, 0.15) is 6.61 Å². The molecule has 6 heteroatoms. The fourth-order valence-electron chi connectivity index (χ4n) is 0.637. The standard InChI is InChI=1S/C8H14N2O4/c1-2-14-6-4-10-8(13)7(12)9-3-5-11/h2,11H,1,3-6H2,(H,9,12)(H,10,13). The van der Waals surface area contributed by atoms with Crippen LogP contribution in [0.25, 0.3) is 0 Å². The Bertz CT molecular complexity index is 206. The van der Waals surface area contributed by atoms with E-state index < -0.39 is 11.8 Å². The van der Waals surface area contributed by atoms with Crippen LogP contribution in [-0.2, 0) is 14.3 Å². The summed E-state index contributed by atoms with van der Waals surface area (Å²) in [6.45, 7) is 3.68. The average Bonchev–Trinajstić information content (AvgIpc) is 2.20. The van der Waals surface area contributed by atoms with Crippen molar-refractivity contribution in [2.24, 2.45) is 0 Å². The molecule has 14 heavy (non-hydrogen) atoms. The van der Waals surface area contributed by atoms with Crippen LogP contribution < -0.4 is 10.6 Å². The minimum absolute atomic E-state index is 0.0649. The van der Waals surface area contributed by atoms with Crippen molar-refractivity contribution in [3.8, 4) is 0 Å². The normalized spacial score (nSPS) is 8.93. The Morgan fingerprint density at radius 1 is 1.29 bits per heavy atom. The molecule has 0 saturated carbocycles. The Kier molecular flexibility index (Phi) is 7.16. The van der Waals surface area contributed by atoms with Crippen LogP contribution >= 0.6 is 0 Å². The molecule has 0 bridgehead atoms. The van der Waals surface area contributed by atoms with Crippen molar-refractivity contribution < 1.29 is 19.4 Å². The largest absolute Gasteiger partial charge is 0.500 e. The number of rotatable bonds is 6. The molecule has 2 amide bonds. The van der Waals surface area contributed by atoms with Gasteiger partial charge in [0.15, 0.2) is 0 Å². The lowest BCUT2D eigenvalue weighted by atomic mass is 10.5. The van der Waals surface area contributed by atoms with Gasteiger partial charge in [-0.1, -0.05) is 6.58 Å². The maximum Gasteiger partial charge on any atom is 0.309 e. The highest BCUT2D eigenvalue weighted by molar-refractivity contribution is 6.35. The Morgan fingerprint density at radius 2 is 1.86 bits per heavy atom. The van der Waals surface area contributed by atoms with Crippen molar-refractivity contribution in [3.05, 3.63) is 12.8 Å². The number of hydrogen-bond donors (Lipinski definition) is 3. The Labute approximate surface area is 81.9 Å². The van der Waals surface area contributed by atoms with Gasteiger partial charge in [-0.25, -0.2) is 0 Å². The molecule has 0 unspecified atom stereocenters. The molecule has 0 fully saturated rings. The number of amides is 2. The van der Waals surface area contributed by atoms with Crippen molar-refractivity contribution in [2.75, 3.05) is 26.3 Å². The molecule has 0 aliphatic heterocycles. The minimum Gasteiger partial charge on any atom is -0.500 e. The molecular formula is C8H14N2O4. The van der Waals surface area contributed by atoms with E-state index in [9.17, 15) is 9.59 Å². The zero-order valence-electron chi connectivity index (χ0n) is 7.78. The van der Waals surface area contributed by atoms with Gasteiger partial charge in [0.25, 0.3) is 0 Å². The molecule has 0 aliphatic rings. The summed E-state index contributed by atoms with van der Waals surface area (Å²) < 4.78 is 4.72. The van der Waals surface area contributed by atoms with Crippen LogP contribution in [0.1, 0.15) is 0 Å². The fourth-order valence-corrected chi connectivity index (χ4v) is 0.637. The lowest BCUT2D eigenvalue weighted by molar-refractivity contribution is -0.139. The van der Waals surface area contributed by atoms with E-state index in [1.165, 1.54) is 6.26 Å². The topological polar surface area (TPSA) is 87.7 Å². The van der Waals surface area contributed by atoms with E-state index in [4.69, 9.17) is 9.84 Å². The first-order valence-corrected chi connectivity index (χ1v) is 4.11. The summed E-state index contributed by atoms with van der Waals surface area (Å²) in [6, 6.07) is 0. The molecule has 6 nitrogen and oxygen atoms in total. The molecule has 3 N–H and O–H groups in total. The summed E-state index contributed by atoms with van der Waals surface area (Å²) in [5.74, 6) is -1.51. The lowest BCUT2D eigenvalue weighted by Crippen LogP contribution is -2.41. The van der Waals surface area contributed by atoms with Gasteiger partial charge in [-0.15, -0.1) is 0 Å². The lowest BCUT2D eigenvalue weighted by Gasteiger charge is -2.04. The summed E-state index contributed by atoms with van der Waals surface area (Å²) in [5.41, 5.74) is 0. The van der Waals surface area contributed by atoms with Crippen LogP contribution in [-0.4, -0.2) is 43.2 Å². The third kappa shape index (κ3) is 6.01. The van der Waals surface area contributed by atoms with Crippen LogP contribution in [0.15, 0.2) is 12.8 Å². The van der Waals surface area contributed by atoms with Gasteiger partial charge in [0.05, 0.1) is 19.4 Å². The summed E-state index contributed by atoms with van der Waals surface area (Å²) in [4.78, 5) is 21.8. The van der Waals surface area contributed by atoms with E-state index in [1.807, 2.05) is 0 Å². The van der Waals surface area contributed by atoms with Gasteiger partial charge in [0, 0.05) is 6.54 Å². The summed E-state index contributed by atoms with van der Waals surface area (Å²) in [7, 11) is 0. The molecule has 0 aromatic heterocycles. The quantitative estimate of drug-likeness (QED) is 0.274. The number of ether oxygens (including phenoxy) is 1. The highest BCUT2D eigenvalue weighted by Crippen LogP contribution is 1.73. The van der Waals surface area contributed by atoms with Gasteiger partial charge >= 0.3 is 11.8 Å². The fraction of sp³-hybridized carbons (Fsp3) is 0.500. The Hall–Kier alpha value is -1.56. The Morgan fingerprint density at radius 3 is 2.36 bits per heavy atom. The molecular weight excluding hydrogens is 188 g/mol. The summed E-state index contributed by atoms with van der Waals surface area (Å²) >= 11 is 0. The van der Waals surface area contributed by atoms with Crippen molar-refractivity contribution in [3.63, 3.8) is 0 Å². The van der Waals surface area contributed by atoms with E-state index in [1.54, 1.807) is 0 Å². The second-order valence-electron chi connectivity index (χ2n) is 2.27. The van der Waals surface area contributed by atoms with Crippen LogP contribution in [0.4, 0.5) is 0 Å². The van der Waals surface area contributed by atoms with E-state index in [-0.39, 0.29) is 26.3 Å². The maximum absolute atomic E-state index is 10.9. The predicted molar refractivity (Wildman–Crippen MR) is 49.3 cm³/mol. The van der Waals surface area contributed by atoms with Crippen LogP contribution in [0.3, 0.4) is 0 Å². The smallest absolute Gasteiger partial charge is 0.309 e. The third-order valence-corrected chi connectivity index (χ3v) is 1.23. The number of aliphatic hydroxyl groups is 1. The van der Waals surface area contributed by atoms with Crippen molar-refractivity contribution in [1.82, 2.24) is 10.6 Å². The van der Waals surface area contributed by atoms with Gasteiger partial charge in [-0.2, -0.15) is 0 Å². The molecule has 0 aliphatic carbocycles. The SMILES string of the molecule is C=COCCNC(=O)C(=O)NCCO. The maximum atomic E-state index is 10.9. The monoisotopic (exact) mass is 202 g/mol. The van der Waals surface area contributed by atoms with Gasteiger partial charge in [0.2, 0.25) is 0 Å². The first kappa shape index (κ1) is 12.4. The van der Waals surface area contributed by atoms with Crippen molar-refractivity contribution >= 4 is 11.8 Å². The highest BCUT2D eigenvalue weighted by Gasteiger charge is 2.10. The van der Waals surface area contributed by atoms with Gasteiger partial charge < -0.3 is 20.5 Å². The minimum atomic E-state index is -0.766. The zero-order chi connectivity index (χ0) is 10.8. The first-order valence-electron chi connectivity index (χ1n) is 4.11. The number of nitrogens with one attached hydrogen (secondary N) is 2. The van der Waals surface area contributed by atoms with Gasteiger partial charge in [-0.3, -0.25) is 9.59 Å². The second kappa shape index (κ2) is 8.06. The zero-order valence-corrected chi connectivity index (χ0v) is 7.78. The molecule has 0 atom stereocenters. The predicted octanol–water partition coefficient (Wildman–Crippen LogP) is -1.63. The summed E-state index contributed by atoms with van der Waals surface area (Å²) in [5, 5.41) is 12.9. The molecule has 0 saturated heterocycles. The number of hydrogen-bond acceptors (Lipinski definition) is 4. The number of carbonyl (C=O) groups excluding carboxylic acids is 2. The average molecular weight is 202 g/mol. The van der Waals surface area contributed by atoms with Gasteiger partial charge in [-0.05, 0) is 0 Å². The molecule has 0 aromatic carbocycles. The second-order valence-corrected chi connectivity index (χ2v) is 2.27. The van der Waals surface area contributed by atoms with Crippen molar-refractivity contribution in [2.45, 2.75) is 0 Å². The van der Waals surface area contributed by atoms with Crippen LogP contribution in [0.2, 0.25) is 0 Å². The molecule has 0 radical (unpaired) electrons.